The topological polar surface area (TPSA) is 84.1 Å². The summed E-state index contributed by atoms with van der Waals surface area (Å²) in [5, 5.41) is 6.73. The highest BCUT2D eigenvalue weighted by Gasteiger charge is 2.24. The summed E-state index contributed by atoms with van der Waals surface area (Å²) in [5.74, 6) is 0.514. The molecule has 0 saturated carbocycles. The van der Waals surface area contributed by atoms with E-state index in [4.69, 9.17) is 16.3 Å². The molecule has 0 aliphatic rings. The molecule has 1 aromatic heterocycles. The van der Waals surface area contributed by atoms with Crippen LogP contribution in [0.4, 0.5) is 5.82 Å². The van der Waals surface area contributed by atoms with E-state index >= 15 is 0 Å². The highest BCUT2D eigenvalue weighted by Crippen LogP contribution is 2.36. The molecular formula is C12H13BrClN3O3S. The molecule has 0 spiro atoms. The van der Waals surface area contributed by atoms with Crippen LogP contribution in [0.1, 0.15) is 12.5 Å². The number of nitrogens with one attached hydrogen (secondary N) is 2. The number of hydrogen-bond donors (Lipinski definition) is 2. The fourth-order valence-corrected chi connectivity index (χ4v) is 4.23. The number of methoxy groups -OCH3 is 1. The van der Waals surface area contributed by atoms with Crippen molar-refractivity contribution in [3.63, 3.8) is 0 Å². The Labute approximate surface area is 136 Å². The van der Waals surface area contributed by atoms with Crippen molar-refractivity contribution in [3.8, 4) is 5.75 Å². The first-order valence-corrected chi connectivity index (χ1v) is 8.62. The van der Waals surface area contributed by atoms with E-state index in [1.54, 1.807) is 12.3 Å². The minimum atomic E-state index is -3.86. The molecule has 0 aliphatic carbocycles. The molecule has 1 heterocycles. The number of sulfonamides is 1. The molecule has 0 fully saturated rings. The normalized spacial score (nSPS) is 11.4. The molecule has 0 atom stereocenters. The summed E-state index contributed by atoms with van der Waals surface area (Å²) in [6, 6.07) is 2.89. The zero-order valence-electron chi connectivity index (χ0n) is 11.3. The molecule has 0 saturated heterocycles. The highest BCUT2D eigenvalue weighted by atomic mass is 79.9. The quantitative estimate of drug-likeness (QED) is 0.815. The van der Waals surface area contributed by atoms with E-state index in [0.717, 1.165) is 5.56 Å². The van der Waals surface area contributed by atoms with Gasteiger partial charge in [0, 0.05) is 10.6 Å². The van der Waals surface area contributed by atoms with Gasteiger partial charge in [0.05, 0.1) is 17.8 Å². The number of H-pyrrole nitrogens is 1. The van der Waals surface area contributed by atoms with E-state index < -0.39 is 10.0 Å². The lowest BCUT2D eigenvalue weighted by Crippen LogP contribution is -2.15. The number of rotatable bonds is 5. The number of aromatic amines is 1. The van der Waals surface area contributed by atoms with Crippen LogP contribution in [0.2, 0.25) is 5.02 Å². The zero-order chi connectivity index (χ0) is 15.6. The fourth-order valence-electron chi connectivity index (χ4n) is 1.79. The molecule has 2 rings (SSSR count). The highest BCUT2D eigenvalue weighted by molar-refractivity contribution is 9.10. The maximum absolute atomic E-state index is 12.5. The first-order chi connectivity index (χ1) is 9.89. The molecule has 0 unspecified atom stereocenters. The molecule has 2 N–H and O–H groups in total. The van der Waals surface area contributed by atoms with Gasteiger partial charge in [-0.25, -0.2) is 8.42 Å². The molecular weight excluding hydrogens is 382 g/mol. The van der Waals surface area contributed by atoms with Crippen LogP contribution in [0.25, 0.3) is 0 Å². The van der Waals surface area contributed by atoms with Crippen LogP contribution in [0, 0.1) is 0 Å². The Morgan fingerprint density at radius 3 is 2.81 bits per heavy atom. The maximum Gasteiger partial charge on any atom is 0.266 e. The van der Waals surface area contributed by atoms with Crippen LogP contribution < -0.4 is 9.46 Å². The van der Waals surface area contributed by atoms with Crippen LogP contribution in [-0.4, -0.2) is 25.7 Å². The summed E-state index contributed by atoms with van der Waals surface area (Å²) >= 11 is 9.16. The third-order valence-electron chi connectivity index (χ3n) is 2.80. The van der Waals surface area contributed by atoms with Crippen molar-refractivity contribution in [2.45, 2.75) is 18.2 Å². The lowest BCUT2D eigenvalue weighted by Gasteiger charge is -2.13. The van der Waals surface area contributed by atoms with Gasteiger partial charge in [-0.2, -0.15) is 5.10 Å². The standard InChI is InChI=1S/C12H13BrClN3O3S/c1-3-7-6-15-16-12(7)17-21(18,19)10-5-8(14)4-9(13)11(10)20-2/h4-6H,3H2,1-2H3,(H2,15,16,17). The van der Waals surface area contributed by atoms with Crippen molar-refractivity contribution >= 4 is 43.4 Å². The summed E-state index contributed by atoms with van der Waals surface area (Å²) in [7, 11) is -2.47. The fraction of sp³-hybridized carbons (Fsp3) is 0.250. The molecule has 0 aliphatic heterocycles. The van der Waals surface area contributed by atoms with E-state index in [0.29, 0.717) is 16.7 Å². The van der Waals surface area contributed by atoms with Gasteiger partial charge >= 0.3 is 0 Å². The van der Waals surface area contributed by atoms with Gasteiger partial charge in [0.2, 0.25) is 0 Å². The van der Waals surface area contributed by atoms with Gasteiger partial charge in [0.1, 0.15) is 10.7 Å². The predicted molar refractivity (Wildman–Crippen MR) is 84.5 cm³/mol. The van der Waals surface area contributed by atoms with Crippen molar-refractivity contribution in [2.24, 2.45) is 0 Å². The van der Waals surface area contributed by atoms with Crippen LogP contribution >= 0.6 is 27.5 Å². The van der Waals surface area contributed by atoms with Crippen LogP contribution in [0.15, 0.2) is 27.7 Å². The molecule has 0 amide bonds. The summed E-state index contributed by atoms with van der Waals surface area (Å²) in [4.78, 5) is -0.0546. The Balaban J connectivity index is 2.50. The molecule has 0 radical (unpaired) electrons. The van der Waals surface area contributed by atoms with Gasteiger partial charge in [-0.1, -0.05) is 18.5 Å². The average Bonchev–Trinajstić information content (AvgIpc) is 2.84. The summed E-state index contributed by atoms with van der Waals surface area (Å²) in [6.45, 7) is 1.90. The summed E-state index contributed by atoms with van der Waals surface area (Å²) in [5.41, 5.74) is 0.763. The largest absolute Gasteiger partial charge is 0.494 e. The van der Waals surface area contributed by atoms with Crippen LogP contribution in [0.5, 0.6) is 5.75 Å². The third kappa shape index (κ3) is 3.33. The number of hydrogen-bond acceptors (Lipinski definition) is 4. The first kappa shape index (κ1) is 16.1. The van der Waals surface area contributed by atoms with E-state index in [-0.39, 0.29) is 15.7 Å². The van der Waals surface area contributed by atoms with Crippen LogP contribution in [-0.2, 0) is 16.4 Å². The molecule has 21 heavy (non-hydrogen) atoms. The number of aromatic nitrogens is 2. The third-order valence-corrected chi connectivity index (χ3v) is 4.97. The number of anilines is 1. The van der Waals surface area contributed by atoms with Gasteiger partial charge < -0.3 is 4.74 Å². The van der Waals surface area contributed by atoms with Gasteiger partial charge in [0.15, 0.2) is 5.75 Å². The minimum Gasteiger partial charge on any atom is -0.494 e. The molecule has 0 bridgehead atoms. The number of aryl methyl sites for hydroxylation is 1. The molecule has 9 heteroatoms. The molecule has 1 aromatic carbocycles. The monoisotopic (exact) mass is 393 g/mol. The second-order valence-corrected chi connectivity index (χ2v) is 7.09. The predicted octanol–water partition coefficient (Wildman–Crippen LogP) is 3.20. The Morgan fingerprint density at radius 1 is 1.48 bits per heavy atom. The van der Waals surface area contributed by atoms with Gasteiger partial charge in [0.25, 0.3) is 10.0 Å². The Hall–Kier alpha value is -1.25. The second-order valence-electron chi connectivity index (χ2n) is 4.15. The zero-order valence-corrected chi connectivity index (χ0v) is 14.4. The Morgan fingerprint density at radius 2 is 2.19 bits per heavy atom. The average molecular weight is 395 g/mol. The van der Waals surface area contributed by atoms with Gasteiger partial charge in [-0.15, -0.1) is 0 Å². The smallest absolute Gasteiger partial charge is 0.266 e. The number of benzene rings is 1. The van der Waals surface area contributed by atoms with E-state index in [2.05, 4.69) is 30.8 Å². The Kier molecular flexibility index (Phi) is 4.80. The molecule has 2 aromatic rings. The van der Waals surface area contributed by atoms with E-state index in [1.165, 1.54) is 13.2 Å². The van der Waals surface area contributed by atoms with E-state index in [1.807, 2.05) is 6.92 Å². The molecule has 114 valence electrons. The summed E-state index contributed by atoms with van der Waals surface area (Å²) < 4.78 is 33.1. The van der Waals surface area contributed by atoms with Crippen molar-refractivity contribution in [1.29, 1.82) is 0 Å². The van der Waals surface area contributed by atoms with Gasteiger partial charge in [-0.05, 0) is 34.5 Å². The number of nitrogens with zero attached hydrogens (tertiary/aromatic N) is 1. The number of ether oxygens (including phenoxy) is 1. The summed E-state index contributed by atoms with van der Waals surface area (Å²) in [6.07, 6.45) is 2.22. The maximum atomic E-state index is 12.5. The lowest BCUT2D eigenvalue weighted by atomic mass is 10.3. The molecule has 6 nitrogen and oxygen atoms in total. The van der Waals surface area contributed by atoms with Gasteiger partial charge in [-0.3, -0.25) is 9.82 Å². The first-order valence-electron chi connectivity index (χ1n) is 5.97. The van der Waals surface area contributed by atoms with Crippen molar-refractivity contribution in [2.75, 3.05) is 11.8 Å². The Bertz CT molecular complexity index is 761. The van der Waals surface area contributed by atoms with Crippen LogP contribution in [0.3, 0.4) is 0 Å². The minimum absolute atomic E-state index is 0.0546. The van der Waals surface area contributed by atoms with Crippen molar-refractivity contribution < 1.29 is 13.2 Å². The number of halogens is 2. The van der Waals surface area contributed by atoms with Crippen molar-refractivity contribution in [1.82, 2.24) is 10.2 Å². The van der Waals surface area contributed by atoms with E-state index in [9.17, 15) is 8.42 Å². The SMILES string of the molecule is CCc1cn[nH]c1NS(=O)(=O)c1cc(Cl)cc(Br)c1OC. The van der Waals surface area contributed by atoms with Crippen molar-refractivity contribution in [3.05, 3.63) is 33.4 Å². The lowest BCUT2D eigenvalue weighted by molar-refractivity contribution is 0.400. The second kappa shape index (κ2) is 6.25.